The molecule has 1 aromatic carbocycles. The van der Waals surface area contributed by atoms with Crippen LogP contribution in [-0.4, -0.2) is 12.2 Å². The normalized spacial score (nSPS) is 19.0. The zero-order valence-corrected chi connectivity index (χ0v) is 10.8. The van der Waals surface area contributed by atoms with Crippen LogP contribution in [0.4, 0.5) is 0 Å². The van der Waals surface area contributed by atoms with Gasteiger partial charge >= 0.3 is 0 Å². The van der Waals surface area contributed by atoms with E-state index in [-0.39, 0.29) is 5.75 Å². The van der Waals surface area contributed by atoms with Crippen LogP contribution in [0, 0.1) is 0 Å². The lowest BCUT2D eigenvalue weighted by molar-refractivity contribution is 0.286. The quantitative estimate of drug-likeness (QED) is 0.853. The summed E-state index contributed by atoms with van der Waals surface area (Å²) in [6.07, 6.45) is 5.20. The summed E-state index contributed by atoms with van der Waals surface area (Å²) in [5.41, 5.74) is 6.70. The van der Waals surface area contributed by atoms with Crippen LogP contribution < -0.4 is 10.5 Å². The number of rotatable bonds is 2. The van der Waals surface area contributed by atoms with Crippen molar-refractivity contribution < 1.29 is 9.84 Å². The minimum Gasteiger partial charge on any atom is -0.504 e. The van der Waals surface area contributed by atoms with Gasteiger partial charge in [0.25, 0.3) is 0 Å². The van der Waals surface area contributed by atoms with Crippen LogP contribution in [0.1, 0.15) is 37.7 Å². The third-order valence-electron chi connectivity index (χ3n) is 3.57. The summed E-state index contributed by atoms with van der Waals surface area (Å²) in [7, 11) is 1.49. The Balaban J connectivity index is 2.44. The fourth-order valence-electron chi connectivity index (χ4n) is 2.59. The van der Waals surface area contributed by atoms with Gasteiger partial charge in [0.05, 0.1) is 12.1 Å². The maximum atomic E-state index is 10.2. The van der Waals surface area contributed by atoms with Crippen molar-refractivity contribution in [2.24, 2.45) is 5.73 Å². The van der Waals surface area contributed by atoms with Crippen molar-refractivity contribution in [2.45, 2.75) is 37.6 Å². The molecule has 0 saturated heterocycles. The number of methoxy groups -OCH3 is 1. The van der Waals surface area contributed by atoms with E-state index in [1.54, 1.807) is 6.07 Å². The molecule has 0 spiro atoms. The van der Waals surface area contributed by atoms with Crippen LogP contribution in [0.3, 0.4) is 0 Å². The van der Waals surface area contributed by atoms with Crippen molar-refractivity contribution in [1.29, 1.82) is 0 Å². The minimum absolute atomic E-state index is 0.0874. The van der Waals surface area contributed by atoms with E-state index in [1.165, 1.54) is 13.5 Å². The van der Waals surface area contributed by atoms with Gasteiger partial charge in [0.2, 0.25) is 0 Å². The van der Waals surface area contributed by atoms with E-state index in [9.17, 15) is 5.11 Å². The van der Waals surface area contributed by atoms with Crippen LogP contribution in [0.15, 0.2) is 12.1 Å². The van der Waals surface area contributed by atoms with Gasteiger partial charge in [0.1, 0.15) is 0 Å². The van der Waals surface area contributed by atoms with Crippen LogP contribution in [0.5, 0.6) is 11.5 Å². The summed E-state index contributed by atoms with van der Waals surface area (Å²) in [5.74, 6) is 0.406. The van der Waals surface area contributed by atoms with E-state index in [0.717, 1.165) is 31.2 Å². The number of phenolic OH excluding ortho intramolecular Hbond substituents is 1. The van der Waals surface area contributed by atoms with Crippen molar-refractivity contribution in [3.05, 3.63) is 22.7 Å². The molecule has 3 nitrogen and oxygen atoms in total. The standard InChI is InChI=1S/C13H18ClNO2/c1-17-12-10(14)6-5-9(11(12)16)13(15)7-3-2-4-8-13/h5-6,16H,2-4,7-8,15H2,1H3. The predicted octanol–water partition coefficient (Wildman–Crippen LogP) is 3.17. The first kappa shape index (κ1) is 12.5. The van der Waals surface area contributed by atoms with Gasteiger partial charge in [-0.2, -0.15) is 0 Å². The summed E-state index contributed by atoms with van der Waals surface area (Å²) in [6, 6.07) is 3.55. The molecular formula is C13H18ClNO2. The zero-order valence-electron chi connectivity index (χ0n) is 10.0. The van der Waals surface area contributed by atoms with Crippen molar-refractivity contribution in [3.8, 4) is 11.5 Å². The van der Waals surface area contributed by atoms with Crippen molar-refractivity contribution in [1.82, 2.24) is 0 Å². The Morgan fingerprint density at radius 1 is 1.29 bits per heavy atom. The van der Waals surface area contributed by atoms with Gasteiger partial charge < -0.3 is 15.6 Å². The highest BCUT2D eigenvalue weighted by molar-refractivity contribution is 6.32. The molecule has 0 atom stereocenters. The average molecular weight is 256 g/mol. The Bertz CT molecular complexity index is 414. The molecule has 1 aromatic rings. The van der Waals surface area contributed by atoms with E-state index in [0.29, 0.717) is 10.8 Å². The van der Waals surface area contributed by atoms with Crippen molar-refractivity contribution >= 4 is 11.6 Å². The van der Waals surface area contributed by atoms with E-state index in [4.69, 9.17) is 22.1 Å². The molecule has 1 saturated carbocycles. The summed E-state index contributed by atoms with van der Waals surface area (Å²) in [6.45, 7) is 0. The Labute approximate surface area is 107 Å². The number of nitrogens with two attached hydrogens (primary N) is 1. The van der Waals surface area contributed by atoms with Crippen molar-refractivity contribution in [2.75, 3.05) is 7.11 Å². The molecule has 0 aliphatic heterocycles. The lowest BCUT2D eigenvalue weighted by Gasteiger charge is -2.34. The number of hydrogen-bond donors (Lipinski definition) is 2. The second-order valence-electron chi connectivity index (χ2n) is 4.69. The Hall–Kier alpha value is -0.930. The Morgan fingerprint density at radius 2 is 1.94 bits per heavy atom. The number of ether oxygens (including phenoxy) is 1. The van der Waals surface area contributed by atoms with Gasteiger partial charge in [-0.1, -0.05) is 36.9 Å². The molecule has 17 heavy (non-hydrogen) atoms. The molecule has 0 unspecified atom stereocenters. The van der Waals surface area contributed by atoms with Gasteiger partial charge in [-0.25, -0.2) is 0 Å². The highest BCUT2D eigenvalue weighted by Gasteiger charge is 2.33. The van der Waals surface area contributed by atoms with E-state index in [2.05, 4.69) is 0 Å². The monoisotopic (exact) mass is 255 g/mol. The molecule has 0 bridgehead atoms. The average Bonchev–Trinajstić information content (AvgIpc) is 2.30. The molecule has 1 aliphatic rings. The molecule has 4 heteroatoms. The first-order valence-corrected chi connectivity index (χ1v) is 6.31. The van der Waals surface area contributed by atoms with Crippen LogP contribution >= 0.6 is 11.6 Å². The summed E-state index contributed by atoms with van der Waals surface area (Å²) in [4.78, 5) is 0. The van der Waals surface area contributed by atoms with E-state index >= 15 is 0 Å². The molecule has 3 N–H and O–H groups in total. The third-order valence-corrected chi connectivity index (χ3v) is 3.87. The molecule has 0 radical (unpaired) electrons. The Kier molecular flexibility index (Phi) is 3.50. The van der Waals surface area contributed by atoms with Gasteiger partial charge in [-0.05, 0) is 18.9 Å². The van der Waals surface area contributed by atoms with Crippen LogP contribution in [0.25, 0.3) is 0 Å². The molecule has 1 fully saturated rings. The number of aromatic hydroxyl groups is 1. The smallest absolute Gasteiger partial charge is 0.179 e. The zero-order chi connectivity index (χ0) is 12.5. The molecule has 2 rings (SSSR count). The number of benzene rings is 1. The molecule has 94 valence electrons. The molecular weight excluding hydrogens is 238 g/mol. The SMILES string of the molecule is COc1c(Cl)ccc(C2(N)CCCCC2)c1O. The van der Waals surface area contributed by atoms with E-state index < -0.39 is 5.54 Å². The topological polar surface area (TPSA) is 55.5 Å². The predicted molar refractivity (Wildman–Crippen MR) is 68.6 cm³/mol. The molecule has 1 aliphatic carbocycles. The first-order valence-electron chi connectivity index (χ1n) is 5.93. The fraction of sp³-hybridized carbons (Fsp3) is 0.538. The molecule has 0 amide bonds. The second-order valence-corrected chi connectivity index (χ2v) is 5.10. The van der Waals surface area contributed by atoms with Gasteiger partial charge in [-0.15, -0.1) is 0 Å². The molecule has 0 aromatic heterocycles. The summed E-state index contributed by atoms with van der Waals surface area (Å²) < 4.78 is 5.11. The minimum atomic E-state index is -0.444. The Morgan fingerprint density at radius 3 is 2.53 bits per heavy atom. The summed E-state index contributed by atoms with van der Waals surface area (Å²) >= 11 is 5.96. The maximum absolute atomic E-state index is 10.2. The third kappa shape index (κ3) is 2.22. The number of hydrogen-bond acceptors (Lipinski definition) is 3. The van der Waals surface area contributed by atoms with Crippen LogP contribution in [-0.2, 0) is 5.54 Å². The second kappa shape index (κ2) is 4.75. The van der Waals surface area contributed by atoms with Gasteiger partial charge in [0.15, 0.2) is 11.5 Å². The fourth-order valence-corrected chi connectivity index (χ4v) is 2.82. The van der Waals surface area contributed by atoms with Gasteiger partial charge in [0, 0.05) is 11.1 Å². The highest BCUT2D eigenvalue weighted by Crippen LogP contribution is 2.45. The first-order chi connectivity index (χ1) is 8.08. The lowest BCUT2D eigenvalue weighted by Crippen LogP contribution is -2.38. The number of halogens is 1. The molecule has 0 heterocycles. The largest absolute Gasteiger partial charge is 0.504 e. The number of phenols is 1. The highest BCUT2D eigenvalue weighted by atomic mass is 35.5. The summed E-state index contributed by atoms with van der Waals surface area (Å²) in [5, 5.41) is 10.6. The van der Waals surface area contributed by atoms with E-state index in [1.807, 2.05) is 6.07 Å². The van der Waals surface area contributed by atoms with Crippen molar-refractivity contribution in [3.63, 3.8) is 0 Å². The lowest BCUT2D eigenvalue weighted by atomic mass is 9.77. The maximum Gasteiger partial charge on any atom is 0.179 e. The van der Waals surface area contributed by atoms with Crippen LogP contribution in [0.2, 0.25) is 5.02 Å². The van der Waals surface area contributed by atoms with Gasteiger partial charge in [-0.3, -0.25) is 0 Å².